The Bertz CT molecular complexity index is 198. The van der Waals surface area contributed by atoms with Crippen LogP contribution in [0.5, 0.6) is 0 Å². The molecule has 1 atom stereocenters. The maximum atomic E-state index is 10.6. The average molecular weight is 186 g/mol. The molecular weight excluding hydrogens is 178 g/mol. The highest BCUT2D eigenvalue weighted by Crippen LogP contribution is 2.01. The molecule has 0 amide bonds. The normalized spacial score (nSPS) is 28.3. The summed E-state index contributed by atoms with van der Waals surface area (Å²) in [5.74, 6) is 0. The molecule has 0 aromatic rings. The molecule has 0 saturated carbocycles. The van der Waals surface area contributed by atoms with Crippen LogP contribution in [0.25, 0.3) is 0 Å². The summed E-state index contributed by atoms with van der Waals surface area (Å²) in [6.07, 6.45) is 0. The standard InChI is InChI=1S/C3H8ClN3O2S/c4-10(8,9)3-5-1-2-6-7-3/h3,5-7H,1-2H2. The van der Waals surface area contributed by atoms with E-state index in [9.17, 15) is 8.42 Å². The molecule has 7 heteroatoms. The number of rotatable bonds is 1. The maximum absolute atomic E-state index is 10.6. The number of hydrogen-bond acceptors (Lipinski definition) is 5. The Balaban J connectivity index is 2.56. The molecule has 60 valence electrons. The zero-order valence-electron chi connectivity index (χ0n) is 5.09. The Kier molecular flexibility index (Phi) is 2.48. The molecular formula is C3H8ClN3O2S. The maximum Gasteiger partial charge on any atom is 0.263 e. The van der Waals surface area contributed by atoms with Crippen molar-refractivity contribution in [2.24, 2.45) is 0 Å². The number of hydrogen-bond donors (Lipinski definition) is 3. The van der Waals surface area contributed by atoms with E-state index in [4.69, 9.17) is 10.7 Å². The minimum Gasteiger partial charge on any atom is -0.286 e. The van der Waals surface area contributed by atoms with Gasteiger partial charge in [-0.3, -0.25) is 10.7 Å². The van der Waals surface area contributed by atoms with Gasteiger partial charge >= 0.3 is 0 Å². The smallest absolute Gasteiger partial charge is 0.263 e. The Morgan fingerprint density at radius 1 is 1.40 bits per heavy atom. The third-order valence-electron chi connectivity index (χ3n) is 1.09. The van der Waals surface area contributed by atoms with E-state index >= 15 is 0 Å². The van der Waals surface area contributed by atoms with Crippen molar-refractivity contribution in [1.29, 1.82) is 0 Å². The molecule has 0 aliphatic carbocycles. The Morgan fingerprint density at radius 2 is 2.10 bits per heavy atom. The lowest BCUT2D eigenvalue weighted by Crippen LogP contribution is -2.59. The Hall–Kier alpha value is 0.120. The van der Waals surface area contributed by atoms with Crippen molar-refractivity contribution >= 4 is 19.7 Å². The summed E-state index contributed by atoms with van der Waals surface area (Å²) in [6.45, 7) is 1.27. The van der Waals surface area contributed by atoms with Crippen LogP contribution in [-0.2, 0) is 9.05 Å². The molecule has 0 aromatic carbocycles. The number of nitrogens with one attached hydrogen (secondary N) is 3. The molecule has 0 radical (unpaired) electrons. The lowest BCUT2D eigenvalue weighted by Gasteiger charge is -2.22. The summed E-state index contributed by atoms with van der Waals surface area (Å²) < 4.78 is 21.2. The minimum atomic E-state index is -3.54. The Morgan fingerprint density at radius 3 is 2.40 bits per heavy atom. The second-order valence-corrected chi connectivity index (χ2v) is 4.59. The number of hydrazine groups is 1. The molecule has 1 rings (SSSR count). The molecule has 10 heavy (non-hydrogen) atoms. The quantitative estimate of drug-likeness (QED) is 0.436. The zero-order valence-corrected chi connectivity index (χ0v) is 6.67. The first-order valence-electron chi connectivity index (χ1n) is 2.76. The van der Waals surface area contributed by atoms with E-state index in [1.54, 1.807) is 0 Å². The van der Waals surface area contributed by atoms with Gasteiger partial charge in [-0.15, -0.1) is 0 Å². The summed E-state index contributed by atoms with van der Waals surface area (Å²) in [5, 5.41) is 2.67. The third kappa shape index (κ3) is 2.06. The fourth-order valence-corrected chi connectivity index (χ4v) is 1.52. The number of halogens is 1. The van der Waals surface area contributed by atoms with Crippen LogP contribution < -0.4 is 16.2 Å². The van der Waals surface area contributed by atoms with E-state index in [1.165, 1.54) is 0 Å². The van der Waals surface area contributed by atoms with Crippen LogP contribution >= 0.6 is 10.7 Å². The fraction of sp³-hybridized carbons (Fsp3) is 1.00. The second-order valence-electron chi connectivity index (χ2n) is 1.88. The van der Waals surface area contributed by atoms with Crippen molar-refractivity contribution in [3.8, 4) is 0 Å². The molecule has 1 aliphatic rings. The monoisotopic (exact) mass is 185 g/mol. The van der Waals surface area contributed by atoms with Crippen molar-refractivity contribution in [2.75, 3.05) is 13.1 Å². The molecule has 3 N–H and O–H groups in total. The highest BCUT2D eigenvalue weighted by molar-refractivity contribution is 8.14. The summed E-state index contributed by atoms with van der Waals surface area (Å²) in [7, 11) is 1.48. The van der Waals surface area contributed by atoms with Crippen LogP contribution in [0.1, 0.15) is 0 Å². The van der Waals surface area contributed by atoms with Crippen molar-refractivity contribution in [3.63, 3.8) is 0 Å². The van der Waals surface area contributed by atoms with Gasteiger partial charge in [0.25, 0.3) is 9.05 Å². The van der Waals surface area contributed by atoms with Crippen molar-refractivity contribution in [3.05, 3.63) is 0 Å². The molecule has 1 fully saturated rings. The van der Waals surface area contributed by atoms with E-state index in [-0.39, 0.29) is 0 Å². The molecule has 0 bridgehead atoms. The average Bonchev–Trinajstić information content (AvgIpc) is 1.88. The van der Waals surface area contributed by atoms with Crippen LogP contribution in [0.15, 0.2) is 0 Å². The summed E-state index contributed by atoms with van der Waals surface area (Å²) in [5.41, 5.74) is 4.27. The first-order chi connectivity index (χ1) is 4.61. The molecule has 1 saturated heterocycles. The van der Waals surface area contributed by atoms with E-state index in [0.29, 0.717) is 13.1 Å². The second kappa shape index (κ2) is 3.02. The predicted octanol–water partition coefficient (Wildman–Crippen LogP) is -1.46. The van der Waals surface area contributed by atoms with Crippen LogP contribution in [0.3, 0.4) is 0 Å². The van der Waals surface area contributed by atoms with Gasteiger partial charge in [0.2, 0.25) is 0 Å². The highest BCUT2D eigenvalue weighted by Gasteiger charge is 2.23. The molecule has 1 heterocycles. The van der Waals surface area contributed by atoms with E-state index in [0.717, 1.165) is 0 Å². The van der Waals surface area contributed by atoms with E-state index in [2.05, 4.69) is 16.2 Å². The van der Waals surface area contributed by atoms with Gasteiger partial charge < -0.3 is 0 Å². The highest BCUT2D eigenvalue weighted by atomic mass is 35.7. The third-order valence-corrected chi connectivity index (χ3v) is 2.48. The Labute approximate surface area is 63.5 Å². The van der Waals surface area contributed by atoms with Crippen LogP contribution in [0.2, 0.25) is 0 Å². The topological polar surface area (TPSA) is 70.2 Å². The van der Waals surface area contributed by atoms with Crippen molar-refractivity contribution in [2.45, 2.75) is 5.50 Å². The lowest BCUT2D eigenvalue weighted by molar-refractivity contribution is 0.383. The predicted molar refractivity (Wildman–Crippen MR) is 37.7 cm³/mol. The van der Waals surface area contributed by atoms with Gasteiger partial charge in [-0.05, 0) is 0 Å². The van der Waals surface area contributed by atoms with Gasteiger partial charge in [0.1, 0.15) is 0 Å². The summed E-state index contributed by atoms with van der Waals surface area (Å²) in [4.78, 5) is 0. The molecule has 0 spiro atoms. The molecule has 0 aromatic heterocycles. The van der Waals surface area contributed by atoms with Crippen molar-refractivity contribution in [1.82, 2.24) is 16.2 Å². The lowest BCUT2D eigenvalue weighted by atomic mass is 10.6. The van der Waals surface area contributed by atoms with Gasteiger partial charge in [-0.2, -0.15) is 0 Å². The summed E-state index contributed by atoms with van der Waals surface area (Å²) in [6, 6.07) is 0. The van der Waals surface area contributed by atoms with Crippen LogP contribution in [-0.4, -0.2) is 27.0 Å². The first-order valence-corrected chi connectivity index (χ1v) is 5.13. The molecule has 1 unspecified atom stereocenters. The molecule has 1 aliphatic heterocycles. The molecule has 5 nitrogen and oxygen atoms in total. The fourth-order valence-electron chi connectivity index (χ4n) is 0.652. The minimum absolute atomic E-state index is 0.587. The van der Waals surface area contributed by atoms with Gasteiger partial charge in [-0.1, -0.05) is 0 Å². The van der Waals surface area contributed by atoms with Gasteiger partial charge in [0.05, 0.1) is 0 Å². The SMILES string of the molecule is O=S(=O)(Cl)C1NCCNN1. The van der Waals surface area contributed by atoms with Crippen LogP contribution in [0.4, 0.5) is 0 Å². The van der Waals surface area contributed by atoms with Gasteiger partial charge in [-0.25, -0.2) is 13.8 Å². The first kappa shape index (κ1) is 8.22. The van der Waals surface area contributed by atoms with Crippen molar-refractivity contribution < 1.29 is 8.42 Å². The van der Waals surface area contributed by atoms with Gasteiger partial charge in [0, 0.05) is 23.8 Å². The van der Waals surface area contributed by atoms with Crippen LogP contribution in [0, 0.1) is 0 Å². The largest absolute Gasteiger partial charge is 0.286 e. The van der Waals surface area contributed by atoms with Gasteiger partial charge in [0.15, 0.2) is 5.50 Å². The summed E-state index contributed by atoms with van der Waals surface area (Å²) >= 11 is 0. The zero-order chi connectivity index (χ0) is 7.61. The van der Waals surface area contributed by atoms with E-state index in [1.807, 2.05) is 0 Å². The van der Waals surface area contributed by atoms with E-state index < -0.39 is 14.5 Å².